The predicted molar refractivity (Wildman–Crippen MR) is 531 cm³/mol. The van der Waals surface area contributed by atoms with Crippen molar-refractivity contribution in [2.45, 2.75) is 470 Å². The number of aliphatic hydroxyl groups is 22. The summed E-state index contributed by atoms with van der Waals surface area (Å²) in [6, 6.07) is 0. The summed E-state index contributed by atoms with van der Waals surface area (Å²) in [5.74, 6) is -1.57. The molecule has 1 heterocycles. The van der Waals surface area contributed by atoms with Gasteiger partial charge in [0.15, 0.2) is 20.5 Å². The van der Waals surface area contributed by atoms with E-state index in [4.69, 9.17) is 117 Å². The van der Waals surface area contributed by atoms with Crippen molar-refractivity contribution in [1.82, 2.24) is 4.90 Å². The minimum absolute atomic E-state index is 0.0425. The molecule has 1 rings (SSSR count). The van der Waals surface area contributed by atoms with Gasteiger partial charge >= 0.3 is 11.9 Å². The maximum Gasteiger partial charge on any atom is 0.303 e. The van der Waals surface area contributed by atoms with Crippen molar-refractivity contribution in [3.63, 3.8) is 0 Å². The molecule has 0 saturated carbocycles. The van der Waals surface area contributed by atoms with Gasteiger partial charge in [-0.25, -0.2) is 0 Å². The number of hydrogen-bond donors (Lipinski definition) is 28. The number of β-amino-alcohol motifs (C(OH)–C–C–N with tert-alkyl or cyclic N) is 1. The van der Waals surface area contributed by atoms with Gasteiger partial charge in [0.2, 0.25) is 0 Å². The molecule has 15 atom stereocenters. The van der Waals surface area contributed by atoms with Crippen LogP contribution in [0.1, 0.15) is 391 Å². The van der Waals surface area contributed by atoms with Crippen molar-refractivity contribution >= 4 is 82.9 Å². The van der Waals surface area contributed by atoms with E-state index in [1.54, 1.807) is 0 Å². The van der Waals surface area contributed by atoms with Crippen molar-refractivity contribution in [2.24, 2.45) is 23.7 Å². The molecule has 0 aliphatic carbocycles. The van der Waals surface area contributed by atoms with Crippen LogP contribution in [0.2, 0.25) is 0 Å². The first kappa shape index (κ1) is 148. The fraction of sp³-hybridized carbons (Fsp3) is 0.937. The van der Waals surface area contributed by atoms with Crippen molar-refractivity contribution in [3.05, 3.63) is 0 Å². The molecule has 1 fully saturated rings. The highest BCUT2D eigenvalue weighted by Gasteiger charge is 2.46. The molecule has 31 nitrogen and oxygen atoms in total. The van der Waals surface area contributed by atoms with E-state index in [1.165, 1.54) is 257 Å². The first-order chi connectivity index (χ1) is 61.3. The summed E-state index contributed by atoms with van der Waals surface area (Å²) in [6.07, 6.45) is 46.9. The highest BCUT2D eigenvalue weighted by atomic mass is 32.1. The average Bonchev–Trinajstić information content (AvgIpc) is 0.771. The Hall–Kier alpha value is -1.90. The van der Waals surface area contributed by atoms with Crippen LogP contribution in [0.25, 0.3) is 0 Å². The summed E-state index contributed by atoms with van der Waals surface area (Å²) >= 11 is 15.4. The number of aliphatic hydroxyl groups excluding tert-OH is 22. The molecule has 0 radical (unpaired) electrons. The molecule has 788 valence electrons. The number of nitrogens with zero attached hydrogens (tertiary/aromatic N) is 1. The van der Waals surface area contributed by atoms with Crippen LogP contribution in [0.4, 0.5) is 0 Å². The van der Waals surface area contributed by atoms with Crippen LogP contribution in [-0.2, 0) is 28.8 Å². The van der Waals surface area contributed by atoms with Gasteiger partial charge in [-0.1, -0.05) is 312 Å². The van der Waals surface area contributed by atoms with Crippen molar-refractivity contribution < 1.29 is 151 Å². The Morgan fingerprint density at radius 1 is 0.285 bits per heavy atom. The number of carbonyl (C=O) groups is 6. The molecule has 0 spiro atoms. The van der Waals surface area contributed by atoms with Crippen LogP contribution in [0.5, 0.6) is 0 Å². The van der Waals surface area contributed by atoms with Gasteiger partial charge < -0.3 is 123 Å². The van der Waals surface area contributed by atoms with Crippen LogP contribution < -0.4 is 0 Å². The second-order valence-electron chi connectivity index (χ2n) is 35.0. The maximum absolute atomic E-state index is 10.9. The van der Waals surface area contributed by atoms with Crippen LogP contribution in [0, 0.1) is 23.7 Å². The molecule has 24 N–H and O–H groups in total. The van der Waals surface area contributed by atoms with Crippen molar-refractivity contribution in [1.29, 1.82) is 0 Å². The summed E-state index contributed by atoms with van der Waals surface area (Å²) in [5, 5.41) is 201. The Balaban J connectivity index is -0.000000155. The van der Waals surface area contributed by atoms with E-state index in [2.05, 4.69) is 97.0 Å². The average molecular weight is 1960 g/mol. The van der Waals surface area contributed by atoms with Crippen LogP contribution in [0.3, 0.4) is 0 Å². The van der Waals surface area contributed by atoms with E-state index >= 15 is 0 Å². The monoisotopic (exact) mass is 1960 g/mol. The molecule has 0 amide bonds. The molecular formula is C95H199NO30S4. The minimum Gasteiger partial charge on any atom is -0.481 e. The smallest absolute Gasteiger partial charge is 0.303 e. The molecule has 1 aliphatic rings. The van der Waals surface area contributed by atoms with E-state index in [0.717, 1.165) is 38.5 Å². The first-order valence-electron chi connectivity index (χ1n) is 48.6. The second-order valence-corrected chi connectivity index (χ2v) is 36.8. The van der Waals surface area contributed by atoms with E-state index in [9.17, 15) is 33.9 Å². The lowest BCUT2D eigenvalue weighted by atomic mass is 9.78. The largest absolute Gasteiger partial charge is 0.481 e. The zero-order chi connectivity index (χ0) is 102. The molecule has 0 aromatic carbocycles. The summed E-state index contributed by atoms with van der Waals surface area (Å²) < 4.78 is 0. The summed E-state index contributed by atoms with van der Waals surface area (Å²) in [4.78, 5) is 65.1. The van der Waals surface area contributed by atoms with Gasteiger partial charge in [0, 0.05) is 41.3 Å². The number of hydrogen-bond acceptors (Lipinski definition) is 29. The van der Waals surface area contributed by atoms with Crippen molar-refractivity contribution in [2.75, 3.05) is 79.2 Å². The van der Waals surface area contributed by atoms with Gasteiger partial charge in [0.25, 0.3) is 0 Å². The van der Waals surface area contributed by atoms with E-state index < -0.39 is 139 Å². The number of thiol groups is 4. The van der Waals surface area contributed by atoms with E-state index in [1.807, 2.05) is 41.5 Å². The zero-order valence-corrected chi connectivity index (χ0v) is 86.1. The SMILES string of the molecule is CC1(C)CCC(O)C(C)(C)N1CCO.CCCCCCCCCCCCC(C)C(=O)S.CCCCCCCCCCCCC(C)C(=O)S.CCCCCCCCCCCCC(C)C(=O)S.CCCCCCCCCCCCC(C)C(=O)S.O=C(O)CCC(=O)O.OC[C@@H](O)[C@@H](O)CO.OC[C@@H](O)[C@@H](O)CO.OC[C@@H](O)[C@@H](O)CO.OC[C@@H](O)[C@@H](O)CO.OC[C@@H](O)[C@@H](O)CO. The number of piperidine rings is 1. The van der Waals surface area contributed by atoms with Crippen LogP contribution in [0.15, 0.2) is 0 Å². The van der Waals surface area contributed by atoms with E-state index in [0.29, 0.717) is 6.54 Å². The topological polar surface area (TPSA) is 591 Å². The summed E-state index contributed by atoms with van der Waals surface area (Å²) in [7, 11) is 0. The number of carboxylic acid groups (broad SMARTS) is 2. The van der Waals surface area contributed by atoms with E-state index in [-0.39, 0.29) is 80.8 Å². The molecule has 1 aliphatic heterocycles. The molecule has 0 bridgehead atoms. The molecule has 0 aromatic heterocycles. The van der Waals surface area contributed by atoms with Gasteiger partial charge in [-0.2, -0.15) is 0 Å². The Morgan fingerprint density at radius 2 is 0.431 bits per heavy atom. The quantitative estimate of drug-likeness (QED) is 0.0199. The Morgan fingerprint density at radius 3 is 0.554 bits per heavy atom. The minimum atomic E-state index is -1.22. The maximum atomic E-state index is 10.9. The molecular weight excluding hydrogens is 1760 g/mol. The molecule has 35 heteroatoms. The first-order valence-corrected chi connectivity index (χ1v) is 50.4. The van der Waals surface area contributed by atoms with Crippen LogP contribution >= 0.6 is 50.5 Å². The Bertz CT molecular complexity index is 2070. The third-order valence-corrected chi connectivity index (χ3v) is 23.7. The fourth-order valence-corrected chi connectivity index (χ4v) is 12.8. The lowest BCUT2D eigenvalue weighted by Gasteiger charge is -2.55. The molecule has 130 heavy (non-hydrogen) atoms. The lowest BCUT2D eigenvalue weighted by Crippen LogP contribution is -2.65. The van der Waals surface area contributed by atoms with Gasteiger partial charge in [-0.15, -0.1) is 50.5 Å². The fourth-order valence-electron chi connectivity index (χ4n) is 12.3. The highest BCUT2D eigenvalue weighted by molar-refractivity contribution is 7.97. The number of aliphatic carboxylic acids is 2. The third-order valence-electron chi connectivity index (χ3n) is 21.9. The molecule has 5 unspecified atom stereocenters. The summed E-state index contributed by atoms with van der Waals surface area (Å²) in [6.45, 7) is 20.9. The number of rotatable bonds is 68. The van der Waals surface area contributed by atoms with Gasteiger partial charge in [-0.05, 0) is 66.2 Å². The standard InChI is InChI=1S/4C15H30OS.C11H23NO2.5C4H10O4.C4H6O4/c4*1-3-4-5-6-7-8-9-10-11-12-13-14(2)15(16)17;1-10(2)6-5-9(14)11(3,4)12(10)7-8-13;5*5-1-3(7)4(8)2-6;5-3(6)1-2-4(7)8/h4*14H,3-13H2,1-2H3,(H,16,17);9,13-14H,5-8H2,1-4H3;5*3-8H,1-2H2;1-2H2,(H,5,6)(H,7,8)/t;;;;;5*3-,4+;. The summed E-state index contributed by atoms with van der Waals surface area (Å²) in [5.41, 5.74) is -0.157. The lowest BCUT2D eigenvalue weighted by molar-refractivity contribution is -0.143. The molecule has 1 saturated heterocycles. The van der Waals surface area contributed by atoms with Gasteiger partial charge in [0.05, 0.1) is 91.6 Å². The number of carboxylic acids is 2. The molecule has 0 aromatic rings. The third kappa shape index (κ3) is 110. The highest BCUT2D eigenvalue weighted by Crippen LogP contribution is 2.38. The van der Waals surface area contributed by atoms with Gasteiger partial charge in [-0.3, -0.25) is 33.7 Å². The number of unbranched alkanes of at least 4 members (excludes halogenated alkanes) is 36. The zero-order valence-electron chi connectivity index (χ0n) is 82.5. The predicted octanol–water partition coefficient (Wildman–Crippen LogP) is 11.0. The van der Waals surface area contributed by atoms with Crippen molar-refractivity contribution in [3.8, 4) is 0 Å². The van der Waals surface area contributed by atoms with Gasteiger partial charge in [0.1, 0.15) is 61.0 Å². The number of carbonyl (C=O) groups excluding carboxylic acids is 4. The normalized spacial score (nSPS) is 16.1. The van der Waals surface area contributed by atoms with Crippen LogP contribution in [-0.4, -0.2) is 317 Å². The Labute approximate surface area is 807 Å². The Kier molecular flexibility index (Phi) is 125. The second kappa shape index (κ2) is 109. The number of likely N-dealkylation sites (tertiary alicyclic amines) is 1.